The van der Waals surface area contributed by atoms with Gasteiger partial charge in [0.1, 0.15) is 0 Å². The summed E-state index contributed by atoms with van der Waals surface area (Å²) in [7, 11) is 0. The van der Waals surface area contributed by atoms with Crippen LogP contribution >= 0.6 is 15.9 Å². The lowest BCUT2D eigenvalue weighted by Gasteiger charge is -2.13. The van der Waals surface area contributed by atoms with Crippen molar-refractivity contribution in [3.05, 3.63) is 33.8 Å². The summed E-state index contributed by atoms with van der Waals surface area (Å²) in [6.45, 7) is 4.76. The normalized spacial score (nSPS) is 10.8. The number of hydrogen-bond acceptors (Lipinski definition) is 2. The Balaban J connectivity index is 3.09. The molecule has 0 amide bonds. The lowest BCUT2D eigenvalue weighted by Crippen LogP contribution is -2.09. The highest BCUT2D eigenvalue weighted by atomic mass is 79.9. The molecule has 3 heteroatoms. The van der Waals surface area contributed by atoms with Crippen LogP contribution in [0.25, 0.3) is 0 Å². The molecular formula is C10H14BrNO. The molecule has 0 saturated heterocycles. The van der Waals surface area contributed by atoms with E-state index < -0.39 is 0 Å². The molecule has 0 aliphatic heterocycles. The maximum absolute atomic E-state index is 8.68. The number of nitrogens with one attached hydrogen (secondary N) is 1. The van der Waals surface area contributed by atoms with Gasteiger partial charge in [0.25, 0.3) is 0 Å². The summed E-state index contributed by atoms with van der Waals surface area (Å²) in [5.41, 5.74) is 4.58. The summed E-state index contributed by atoms with van der Waals surface area (Å²) < 4.78 is 1.04. The minimum atomic E-state index is 0.473. The van der Waals surface area contributed by atoms with Gasteiger partial charge >= 0.3 is 0 Å². The van der Waals surface area contributed by atoms with E-state index in [1.807, 2.05) is 12.1 Å². The Hall–Kier alpha value is -0.380. The van der Waals surface area contributed by atoms with E-state index in [-0.39, 0.29) is 0 Å². The van der Waals surface area contributed by atoms with E-state index in [0.29, 0.717) is 12.5 Å². The summed E-state index contributed by atoms with van der Waals surface area (Å²) in [5.74, 6) is 0.473. The molecule has 0 fully saturated rings. The highest BCUT2D eigenvalue weighted by Crippen LogP contribution is 2.26. The van der Waals surface area contributed by atoms with Gasteiger partial charge in [-0.15, -0.1) is 0 Å². The third kappa shape index (κ3) is 2.53. The van der Waals surface area contributed by atoms with Crippen LogP contribution in [0.1, 0.15) is 30.9 Å². The van der Waals surface area contributed by atoms with Crippen LogP contribution in [0.15, 0.2) is 22.7 Å². The molecule has 1 aromatic rings. The molecule has 0 saturated carbocycles. The van der Waals surface area contributed by atoms with Gasteiger partial charge in [0.15, 0.2) is 0 Å². The predicted molar refractivity (Wildman–Crippen MR) is 56.9 cm³/mol. The molecule has 0 aromatic heterocycles. The topological polar surface area (TPSA) is 32.3 Å². The van der Waals surface area contributed by atoms with Crippen LogP contribution in [0.2, 0.25) is 0 Å². The average Bonchev–Trinajstić information content (AvgIpc) is 2.08. The van der Waals surface area contributed by atoms with Crippen molar-refractivity contribution >= 4 is 15.9 Å². The second-order valence-corrected chi connectivity index (χ2v) is 4.15. The molecular weight excluding hydrogens is 230 g/mol. The van der Waals surface area contributed by atoms with E-state index in [1.54, 1.807) is 0 Å². The molecule has 0 heterocycles. The number of rotatable bonds is 3. The lowest BCUT2D eigenvalue weighted by atomic mass is 9.97. The van der Waals surface area contributed by atoms with Crippen molar-refractivity contribution in [3.8, 4) is 0 Å². The molecule has 2 nitrogen and oxygen atoms in total. The summed E-state index contributed by atoms with van der Waals surface area (Å²) in [6.07, 6.45) is 0. The third-order valence-corrected chi connectivity index (χ3v) is 2.78. The monoisotopic (exact) mass is 243 g/mol. The Morgan fingerprint density at radius 2 is 2.15 bits per heavy atom. The highest BCUT2D eigenvalue weighted by molar-refractivity contribution is 9.10. The molecule has 72 valence electrons. The zero-order valence-electron chi connectivity index (χ0n) is 7.84. The van der Waals surface area contributed by atoms with Crippen LogP contribution in [0.3, 0.4) is 0 Å². The first kappa shape index (κ1) is 10.7. The molecule has 0 bridgehead atoms. The first-order valence-electron chi connectivity index (χ1n) is 4.31. The first-order chi connectivity index (χ1) is 6.16. The third-order valence-electron chi connectivity index (χ3n) is 2.03. The first-order valence-corrected chi connectivity index (χ1v) is 5.10. The van der Waals surface area contributed by atoms with Crippen LogP contribution in [0.4, 0.5) is 0 Å². The van der Waals surface area contributed by atoms with Crippen molar-refractivity contribution in [2.75, 3.05) is 0 Å². The van der Waals surface area contributed by atoms with Gasteiger partial charge < -0.3 is 5.21 Å². The molecule has 0 radical (unpaired) electrons. The molecule has 1 aromatic carbocycles. The Labute approximate surface area is 87.1 Å². The SMILES string of the molecule is CC(C)c1cccc(Br)c1CNO. The van der Waals surface area contributed by atoms with Crippen LogP contribution < -0.4 is 5.48 Å². The maximum atomic E-state index is 8.68. The van der Waals surface area contributed by atoms with Crippen LogP contribution in [-0.2, 0) is 6.54 Å². The zero-order valence-corrected chi connectivity index (χ0v) is 9.43. The predicted octanol–water partition coefficient (Wildman–Crippen LogP) is 3.05. The quantitative estimate of drug-likeness (QED) is 0.801. The van der Waals surface area contributed by atoms with E-state index in [1.165, 1.54) is 5.56 Å². The Morgan fingerprint density at radius 3 is 2.69 bits per heavy atom. The second-order valence-electron chi connectivity index (χ2n) is 3.30. The maximum Gasteiger partial charge on any atom is 0.0472 e. The smallest absolute Gasteiger partial charge is 0.0472 e. The summed E-state index contributed by atoms with van der Waals surface area (Å²) in [6, 6.07) is 6.08. The molecule has 2 N–H and O–H groups in total. The molecule has 0 atom stereocenters. The van der Waals surface area contributed by atoms with Crippen molar-refractivity contribution in [1.82, 2.24) is 5.48 Å². The minimum Gasteiger partial charge on any atom is -0.316 e. The number of hydrogen-bond donors (Lipinski definition) is 2. The Morgan fingerprint density at radius 1 is 1.46 bits per heavy atom. The van der Waals surface area contributed by atoms with Crippen molar-refractivity contribution in [3.63, 3.8) is 0 Å². The van der Waals surface area contributed by atoms with Crippen molar-refractivity contribution in [2.24, 2.45) is 0 Å². The van der Waals surface area contributed by atoms with Gasteiger partial charge in [0.05, 0.1) is 0 Å². The van der Waals surface area contributed by atoms with Crippen LogP contribution in [0.5, 0.6) is 0 Å². The van der Waals surface area contributed by atoms with Gasteiger partial charge in [-0.25, -0.2) is 5.48 Å². The van der Waals surface area contributed by atoms with Crippen molar-refractivity contribution in [2.45, 2.75) is 26.3 Å². The van der Waals surface area contributed by atoms with Gasteiger partial charge in [-0.05, 0) is 23.1 Å². The van der Waals surface area contributed by atoms with E-state index >= 15 is 0 Å². The minimum absolute atomic E-state index is 0.473. The lowest BCUT2D eigenvalue weighted by molar-refractivity contribution is 0.160. The molecule has 0 unspecified atom stereocenters. The number of hydroxylamine groups is 1. The van der Waals surface area contributed by atoms with Crippen molar-refractivity contribution in [1.29, 1.82) is 0 Å². The standard InChI is InChI=1S/C10H14BrNO/c1-7(2)8-4-3-5-10(11)9(8)6-12-13/h3-5,7,12-13H,6H2,1-2H3. The van der Waals surface area contributed by atoms with E-state index in [0.717, 1.165) is 10.0 Å². The fourth-order valence-electron chi connectivity index (χ4n) is 1.38. The van der Waals surface area contributed by atoms with Crippen LogP contribution in [-0.4, -0.2) is 5.21 Å². The molecule has 0 aliphatic carbocycles. The van der Waals surface area contributed by atoms with Crippen molar-refractivity contribution < 1.29 is 5.21 Å². The van der Waals surface area contributed by atoms with E-state index in [4.69, 9.17) is 5.21 Å². The molecule has 1 rings (SSSR count). The summed E-state index contributed by atoms with van der Waals surface area (Å²) >= 11 is 3.47. The second kappa shape index (κ2) is 4.74. The molecule has 13 heavy (non-hydrogen) atoms. The Bertz CT molecular complexity index is 286. The van der Waals surface area contributed by atoms with Gasteiger partial charge in [-0.3, -0.25) is 0 Å². The van der Waals surface area contributed by atoms with Gasteiger partial charge in [0.2, 0.25) is 0 Å². The Kier molecular flexibility index (Phi) is 3.90. The van der Waals surface area contributed by atoms with E-state index in [2.05, 4.69) is 41.3 Å². The summed E-state index contributed by atoms with van der Waals surface area (Å²) in [4.78, 5) is 0. The fraction of sp³-hybridized carbons (Fsp3) is 0.400. The highest BCUT2D eigenvalue weighted by Gasteiger charge is 2.08. The van der Waals surface area contributed by atoms with Gasteiger partial charge in [0, 0.05) is 11.0 Å². The van der Waals surface area contributed by atoms with E-state index in [9.17, 15) is 0 Å². The van der Waals surface area contributed by atoms with Gasteiger partial charge in [-0.2, -0.15) is 0 Å². The fourth-order valence-corrected chi connectivity index (χ4v) is 1.90. The van der Waals surface area contributed by atoms with Gasteiger partial charge in [-0.1, -0.05) is 41.9 Å². The zero-order chi connectivity index (χ0) is 9.84. The summed E-state index contributed by atoms with van der Waals surface area (Å²) in [5, 5.41) is 8.68. The van der Waals surface area contributed by atoms with Crippen LogP contribution in [0, 0.1) is 0 Å². The number of halogens is 1. The molecule has 0 spiro atoms. The average molecular weight is 244 g/mol. The number of benzene rings is 1. The largest absolute Gasteiger partial charge is 0.316 e. The molecule has 0 aliphatic rings.